The summed E-state index contributed by atoms with van der Waals surface area (Å²) in [6.07, 6.45) is 0.400. The molecule has 1 atom stereocenters. The van der Waals surface area contributed by atoms with Crippen LogP contribution in [0.1, 0.15) is 30.6 Å². The van der Waals surface area contributed by atoms with Gasteiger partial charge in [0.1, 0.15) is 5.40 Å². The number of carbonyl (C=O) groups is 1. The topological polar surface area (TPSA) is 40.9 Å². The normalized spacial score (nSPS) is 12.3. The molecule has 0 saturated heterocycles. The zero-order valence-corrected chi connectivity index (χ0v) is 11.2. The number of hydrogen-bond acceptors (Lipinski definition) is 3. The minimum Gasteiger partial charge on any atom is -0.293 e. The number of thiocyanates is 1. The summed E-state index contributed by atoms with van der Waals surface area (Å²) in [4.78, 5) is 12.1. The van der Waals surface area contributed by atoms with Gasteiger partial charge in [-0.3, -0.25) is 4.79 Å². The second kappa shape index (κ2) is 6.62. The summed E-state index contributed by atoms with van der Waals surface area (Å²) in [5, 5.41) is 9.74. The molecule has 0 aromatic heterocycles. The molecule has 6 heteroatoms. The third-order valence-corrected chi connectivity index (χ3v) is 3.24. The van der Waals surface area contributed by atoms with Crippen LogP contribution < -0.4 is 0 Å². The van der Waals surface area contributed by atoms with E-state index in [0.717, 1.165) is 11.8 Å². The fraction of sp³-hybridized carbons (Fsp3) is 0.385. The molecule has 0 fully saturated rings. The van der Waals surface area contributed by atoms with E-state index in [9.17, 15) is 18.0 Å². The van der Waals surface area contributed by atoms with Gasteiger partial charge in [0.2, 0.25) is 0 Å². The summed E-state index contributed by atoms with van der Waals surface area (Å²) in [5.74, 6) is -4.85. The summed E-state index contributed by atoms with van der Waals surface area (Å²) >= 11 is 0.741. The zero-order valence-electron chi connectivity index (χ0n) is 10.4. The van der Waals surface area contributed by atoms with Gasteiger partial charge in [0.15, 0.2) is 23.2 Å². The number of rotatable bonds is 5. The summed E-state index contributed by atoms with van der Waals surface area (Å²) in [5.41, 5.74) is -0.259. The Kier molecular flexibility index (Phi) is 5.43. The van der Waals surface area contributed by atoms with Crippen LogP contribution >= 0.6 is 11.8 Å². The minimum atomic E-state index is -1.61. The van der Waals surface area contributed by atoms with Crippen molar-refractivity contribution in [3.05, 3.63) is 35.1 Å². The molecule has 0 N–H and O–H groups in total. The number of Topliss-reactive ketones (excluding diaryl/α,β-unsaturated/α-hetero) is 1. The van der Waals surface area contributed by atoms with E-state index in [2.05, 4.69) is 0 Å². The van der Waals surface area contributed by atoms with Crippen molar-refractivity contribution in [2.75, 3.05) is 0 Å². The van der Waals surface area contributed by atoms with E-state index in [0.29, 0.717) is 18.6 Å². The molecule has 0 spiro atoms. The van der Waals surface area contributed by atoms with E-state index in [-0.39, 0.29) is 11.5 Å². The summed E-state index contributed by atoms with van der Waals surface area (Å²) in [6.45, 7) is 3.73. The molecule has 2 nitrogen and oxygen atoms in total. The van der Waals surface area contributed by atoms with Crippen molar-refractivity contribution in [2.24, 2.45) is 5.92 Å². The smallest absolute Gasteiger partial charge is 0.194 e. The predicted molar refractivity (Wildman–Crippen MR) is 67.1 cm³/mol. The van der Waals surface area contributed by atoms with Crippen LogP contribution in [0.2, 0.25) is 0 Å². The number of benzene rings is 1. The number of hydrogen-bond donors (Lipinski definition) is 0. The second-order valence-electron chi connectivity index (χ2n) is 4.45. The second-order valence-corrected chi connectivity index (χ2v) is 5.43. The van der Waals surface area contributed by atoms with Crippen molar-refractivity contribution < 1.29 is 18.0 Å². The van der Waals surface area contributed by atoms with Crippen molar-refractivity contribution >= 4 is 17.5 Å². The number of halogens is 3. The van der Waals surface area contributed by atoms with Gasteiger partial charge in [-0.2, -0.15) is 5.26 Å². The zero-order chi connectivity index (χ0) is 14.6. The van der Waals surface area contributed by atoms with Gasteiger partial charge < -0.3 is 0 Å². The Bertz CT molecular complexity index is 502. The molecule has 1 aromatic carbocycles. The SMILES string of the molecule is CC(C)CC(SC#N)C(=O)c1cc(F)c(F)c(F)c1. The molecule has 0 bridgehead atoms. The van der Waals surface area contributed by atoms with E-state index < -0.39 is 28.5 Å². The predicted octanol–water partition coefficient (Wildman–Crippen LogP) is 3.92. The molecule has 0 aliphatic rings. The van der Waals surface area contributed by atoms with Gasteiger partial charge in [-0.1, -0.05) is 13.8 Å². The van der Waals surface area contributed by atoms with Crippen molar-refractivity contribution in [1.82, 2.24) is 0 Å². The van der Waals surface area contributed by atoms with Crippen LogP contribution in [0.25, 0.3) is 0 Å². The third kappa shape index (κ3) is 4.00. The summed E-state index contributed by atoms with van der Waals surface area (Å²) in [7, 11) is 0. The Morgan fingerprint density at radius 1 is 1.32 bits per heavy atom. The van der Waals surface area contributed by atoms with Crippen molar-refractivity contribution in [2.45, 2.75) is 25.5 Å². The molecule has 1 aromatic rings. The lowest BCUT2D eigenvalue weighted by Crippen LogP contribution is -2.20. The van der Waals surface area contributed by atoms with E-state index in [1.54, 1.807) is 5.40 Å². The van der Waals surface area contributed by atoms with Crippen LogP contribution in [0.5, 0.6) is 0 Å². The van der Waals surface area contributed by atoms with Crippen LogP contribution in [0.15, 0.2) is 12.1 Å². The Labute approximate surface area is 113 Å². The highest BCUT2D eigenvalue weighted by Crippen LogP contribution is 2.24. The van der Waals surface area contributed by atoms with Crippen LogP contribution in [0.4, 0.5) is 13.2 Å². The molecule has 0 aliphatic carbocycles. The highest BCUT2D eigenvalue weighted by molar-refractivity contribution is 8.05. The standard InChI is InChI=1S/C13H12F3NOS/c1-7(2)3-11(19-6-17)13(18)8-4-9(14)12(16)10(15)5-8/h4-5,7,11H,3H2,1-2H3. The first kappa shape index (κ1) is 15.6. The molecule has 0 radical (unpaired) electrons. The van der Waals surface area contributed by atoms with E-state index >= 15 is 0 Å². The van der Waals surface area contributed by atoms with Crippen LogP contribution in [-0.2, 0) is 0 Å². The lowest BCUT2D eigenvalue weighted by atomic mass is 10.0. The van der Waals surface area contributed by atoms with Gasteiger partial charge in [0, 0.05) is 5.56 Å². The number of thioether (sulfide) groups is 1. The van der Waals surface area contributed by atoms with E-state index in [4.69, 9.17) is 5.26 Å². The number of carbonyl (C=O) groups excluding carboxylic acids is 1. The maximum atomic E-state index is 13.1. The average Bonchev–Trinajstić information content (AvgIpc) is 2.33. The summed E-state index contributed by atoms with van der Waals surface area (Å²) < 4.78 is 39.0. The molecule has 0 saturated carbocycles. The van der Waals surface area contributed by atoms with Crippen molar-refractivity contribution in [3.63, 3.8) is 0 Å². The minimum absolute atomic E-state index is 0.143. The highest BCUT2D eigenvalue weighted by atomic mass is 32.2. The molecular formula is C13H12F3NOS. The molecule has 0 aliphatic heterocycles. The third-order valence-electron chi connectivity index (χ3n) is 2.44. The molecule has 1 unspecified atom stereocenters. The maximum Gasteiger partial charge on any atom is 0.194 e. The first-order chi connectivity index (χ1) is 8.86. The fourth-order valence-corrected chi connectivity index (χ4v) is 2.44. The lowest BCUT2D eigenvalue weighted by Gasteiger charge is -2.14. The van der Waals surface area contributed by atoms with E-state index in [1.807, 2.05) is 13.8 Å². The van der Waals surface area contributed by atoms with Gasteiger partial charge in [0.25, 0.3) is 0 Å². The fourth-order valence-electron chi connectivity index (χ4n) is 1.58. The quantitative estimate of drug-likeness (QED) is 0.468. The van der Waals surface area contributed by atoms with Gasteiger partial charge >= 0.3 is 0 Å². The van der Waals surface area contributed by atoms with Gasteiger partial charge in [-0.25, -0.2) is 13.2 Å². The van der Waals surface area contributed by atoms with Gasteiger partial charge in [-0.15, -0.1) is 0 Å². The van der Waals surface area contributed by atoms with E-state index in [1.165, 1.54) is 0 Å². The number of nitrogens with zero attached hydrogens (tertiary/aromatic N) is 1. The maximum absolute atomic E-state index is 13.1. The molecule has 102 valence electrons. The molecule has 0 heterocycles. The van der Waals surface area contributed by atoms with Gasteiger partial charge in [-0.05, 0) is 36.2 Å². The van der Waals surface area contributed by atoms with Gasteiger partial charge in [0.05, 0.1) is 5.25 Å². The molecule has 0 amide bonds. The molecule has 19 heavy (non-hydrogen) atoms. The Balaban J connectivity index is 3.06. The number of nitriles is 1. The largest absolute Gasteiger partial charge is 0.293 e. The highest BCUT2D eigenvalue weighted by Gasteiger charge is 2.24. The van der Waals surface area contributed by atoms with Crippen LogP contribution in [-0.4, -0.2) is 11.0 Å². The van der Waals surface area contributed by atoms with Crippen LogP contribution in [0, 0.1) is 34.0 Å². The first-order valence-corrected chi connectivity index (χ1v) is 6.48. The Morgan fingerprint density at radius 3 is 2.26 bits per heavy atom. The van der Waals surface area contributed by atoms with Crippen molar-refractivity contribution in [3.8, 4) is 5.40 Å². The molecular weight excluding hydrogens is 275 g/mol. The van der Waals surface area contributed by atoms with Crippen LogP contribution in [0.3, 0.4) is 0 Å². The number of ketones is 1. The average molecular weight is 287 g/mol. The first-order valence-electron chi connectivity index (χ1n) is 5.60. The Hall–Kier alpha value is -1.48. The summed E-state index contributed by atoms with van der Waals surface area (Å²) in [6, 6.07) is 1.32. The molecule has 1 rings (SSSR count). The lowest BCUT2D eigenvalue weighted by molar-refractivity contribution is 0.0981. The Morgan fingerprint density at radius 2 is 1.84 bits per heavy atom. The monoisotopic (exact) mass is 287 g/mol. The van der Waals surface area contributed by atoms with Crippen molar-refractivity contribution in [1.29, 1.82) is 5.26 Å².